The molecule has 0 unspecified atom stereocenters. The maximum atomic E-state index is 9.86. The summed E-state index contributed by atoms with van der Waals surface area (Å²) in [7, 11) is 1.80. The molecule has 0 bridgehead atoms. The number of nitrogens with zero attached hydrogens (tertiary/aromatic N) is 3. The van der Waals surface area contributed by atoms with E-state index in [2.05, 4.69) is 4.98 Å². The fourth-order valence-electron chi connectivity index (χ4n) is 0.656. The van der Waals surface area contributed by atoms with Crippen molar-refractivity contribution in [3.05, 3.63) is 34.5 Å². The maximum Gasteiger partial charge on any atom is 0.236 e. The van der Waals surface area contributed by atoms with Crippen molar-refractivity contribution < 1.29 is 4.92 Å². The van der Waals surface area contributed by atoms with E-state index in [1.54, 1.807) is 24.1 Å². The highest BCUT2D eigenvalue weighted by molar-refractivity contribution is 5.40. The van der Waals surface area contributed by atoms with Crippen LogP contribution >= 0.6 is 0 Å². The first-order chi connectivity index (χ1) is 5.18. The van der Waals surface area contributed by atoms with Gasteiger partial charge in [0.1, 0.15) is 0 Å². The first-order valence-corrected chi connectivity index (χ1v) is 2.98. The highest BCUT2D eigenvalue weighted by Gasteiger charge is 1.92. The summed E-state index contributed by atoms with van der Waals surface area (Å²) in [4.78, 5) is 13.2. The molecule has 5 nitrogen and oxygen atoms in total. The summed E-state index contributed by atoms with van der Waals surface area (Å²) in [6.45, 7) is 0. The number of hydrogen-bond acceptors (Lipinski definition) is 3. The Balaban J connectivity index is 2.71. The van der Waals surface area contributed by atoms with Crippen LogP contribution in [-0.2, 0) is 7.05 Å². The molecule has 0 spiro atoms. The Kier molecular flexibility index (Phi) is 2.00. The van der Waals surface area contributed by atoms with Crippen LogP contribution in [0.15, 0.2) is 18.7 Å². The van der Waals surface area contributed by atoms with Crippen molar-refractivity contribution in [2.45, 2.75) is 0 Å². The second kappa shape index (κ2) is 2.96. The van der Waals surface area contributed by atoms with Gasteiger partial charge in [0.2, 0.25) is 6.20 Å². The number of aryl methyl sites for hydroxylation is 1. The summed E-state index contributed by atoms with van der Waals surface area (Å²) in [5.74, 6) is 0. The van der Waals surface area contributed by atoms with Crippen molar-refractivity contribution >= 4 is 6.08 Å². The van der Waals surface area contributed by atoms with Gasteiger partial charge in [-0.25, -0.2) is 4.98 Å². The van der Waals surface area contributed by atoms with E-state index in [-0.39, 0.29) is 0 Å². The summed E-state index contributed by atoms with van der Waals surface area (Å²) in [5.41, 5.74) is 0.587. The molecule has 58 valence electrons. The van der Waals surface area contributed by atoms with Crippen molar-refractivity contribution in [1.82, 2.24) is 9.55 Å². The average molecular weight is 153 g/mol. The summed E-state index contributed by atoms with van der Waals surface area (Å²) in [6.07, 6.45) is 5.49. The minimum absolute atomic E-state index is 0.519. The van der Waals surface area contributed by atoms with Gasteiger partial charge in [0.05, 0.1) is 16.9 Å². The molecular weight excluding hydrogens is 146 g/mol. The third kappa shape index (κ3) is 2.21. The van der Waals surface area contributed by atoms with Crippen LogP contribution < -0.4 is 0 Å². The fraction of sp³-hybridized carbons (Fsp3) is 0.167. The van der Waals surface area contributed by atoms with E-state index in [4.69, 9.17) is 0 Å². The van der Waals surface area contributed by atoms with Gasteiger partial charge in [-0.3, -0.25) is 10.1 Å². The second-order valence-corrected chi connectivity index (χ2v) is 2.07. The van der Waals surface area contributed by atoms with Crippen molar-refractivity contribution in [2.75, 3.05) is 0 Å². The van der Waals surface area contributed by atoms with Crippen LogP contribution in [0, 0.1) is 10.1 Å². The van der Waals surface area contributed by atoms with Gasteiger partial charge in [-0.1, -0.05) is 0 Å². The highest BCUT2D eigenvalue weighted by atomic mass is 16.6. The summed E-state index contributed by atoms with van der Waals surface area (Å²) in [5, 5.41) is 9.86. The topological polar surface area (TPSA) is 61.0 Å². The van der Waals surface area contributed by atoms with Gasteiger partial charge in [0.15, 0.2) is 0 Å². The molecular formula is C6H7N3O2. The van der Waals surface area contributed by atoms with E-state index in [0.717, 1.165) is 6.20 Å². The van der Waals surface area contributed by atoms with E-state index in [0.29, 0.717) is 5.69 Å². The molecule has 0 fully saturated rings. The predicted molar refractivity (Wildman–Crippen MR) is 39.2 cm³/mol. The largest absolute Gasteiger partial charge is 0.340 e. The van der Waals surface area contributed by atoms with Crippen LogP contribution in [0.5, 0.6) is 0 Å². The minimum atomic E-state index is -0.519. The van der Waals surface area contributed by atoms with Crippen molar-refractivity contribution in [3.63, 3.8) is 0 Å². The van der Waals surface area contributed by atoms with Gasteiger partial charge in [0.25, 0.3) is 0 Å². The normalized spacial score (nSPS) is 10.6. The molecule has 0 saturated carbocycles. The summed E-state index contributed by atoms with van der Waals surface area (Å²) >= 11 is 0. The Labute approximate surface area is 63.1 Å². The number of rotatable bonds is 2. The van der Waals surface area contributed by atoms with Gasteiger partial charge >= 0.3 is 0 Å². The highest BCUT2D eigenvalue weighted by Crippen LogP contribution is 1.96. The van der Waals surface area contributed by atoms with Crippen molar-refractivity contribution in [1.29, 1.82) is 0 Å². The molecule has 1 aromatic rings. The van der Waals surface area contributed by atoms with E-state index in [1.807, 2.05) is 0 Å². The molecule has 1 heterocycles. The van der Waals surface area contributed by atoms with Crippen LogP contribution in [0.3, 0.4) is 0 Å². The Bertz CT molecular complexity index is 290. The maximum absolute atomic E-state index is 9.86. The molecule has 0 amide bonds. The lowest BCUT2D eigenvalue weighted by Gasteiger charge is -1.80. The lowest BCUT2D eigenvalue weighted by Crippen LogP contribution is -1.82. The van der Waals surface area contributed by atoms with Gasteiger partial charge < -0.3 is 4.57 Å². The molecule has 0 radical (unpaired) electrons. The van der Waals surface area contributed by atoms with Crippen LogP contribution in [0.1, 0.15) is 5.69 Å². The molecule has 0 N–H and O–H groups in total. The molecule has 0 saturated heterocycles. The van der Waals surface area contributed by atoms with Crippen LogP contribution in [0.2, 0.25) is 0 Å². The zero-order valence-electron chi connectivity index (χ0n) is 5.97. The van der Waals surface area contributed by atoms with Gasteiger partial charge in [-0.15, -0.1) is 0 Å². The van der Waals surface area contributed by atoms with E-state index in [1.165, 1.54) is 6.08 Å². The number of aromatic nitrogens is 2. The van der Waals surface area contributed by atoms with E-state index >= 15 is 0 Å². The fourth-order valence-corrected chi connectivity index (χ4v) is 0.656. The molecule has 0 aliphatic heterocycles. The average Bonchev–Trinajstić information content (AvgIpc) is 2.31. The van der Waals surface area contributed by atoms with Crippen LogP contribution in [0.4, 0.5) is 0 Å². The minimum Gasteiger partial charge on any atom is -0.340 e. The molecule has 1 aromatic heterocycles. The third-order valence-electron chi connectivity index (χ3n) is 1.09. The number of hydrogen-bond donors (Lipinski definition) is 0. The lowest BCUT2D eigenvalue weighted by atomic mass is 10.5. The summed E-state index contributed by atoms with van der Waals surface area (Å²) in [6, 6.07) is 0. The SMILES string of the molecule is Cn1cnc(/C=C/[N+](=O)[O-])c1. The second-order valence-electron chi connectivity index (χ2n) is 2.07. The number of imidazole rings is 1. The predicted octanol–water partition coefficient (Wildman–Crippen LogP) is 0.667. The molecule has 5 heteroatoms. The Hall–Kier alpha value is -1.65. The molecule has 0 aliphatic carbocycles. The van der Waals surface area contributed by atoms with Crippen LogP contribution in [0.25, 0.3) is 6.08 Å². The standard InChI is InChI=1S/C6H7N3O2/c1-8-4-6(7-5-8)2-3-9(10)11/h2-5H,1H3/b3-2+. The molecule has 0 aromatic carbocycles. The summed E-state index contributed by atoms with van der Waals surface area (Å²) < 4.78 is 1.72. The first kappa shape index (κ1) is 7.46. The van der Waals surface area contributed by atoms with E-state index in [9.17, 15) is 10.1 Å². The van der Waals surface area contributed by atoms with Gasteiger partial charge in [0, 0.05) is 19.3 Å². The third-order valence-corrected chi connectivity index (χ3v) is 1.09. The quantitative estimate of drug-likeness (QED) is 0.463. The smallest absolute Gasteiger partial charge is 0.236 e. The van der Waals surface area contributed by atoms with Crippen LogP contribution in [-0.4, -0.2) is 14.5 Å². The Morgan fingerprint density at radius 2 is 2.55 bits per heavy atom. The zero-order chi connectivity index (χ0) is 8.27. The molecule has 11 heavy (non-hydrogen) atoms. The molecule has 1 rings (SSSR count). The first-order valence-electron chi connectivity index (χ1n) is 2.98. The molecule has 0 aliphatic rings. The Morgan fingerprint density at radius 1 is 1.82 bits per heavy atom. The van der Waals surface area contributed by atoms with Gasteiger partial charge in [-0.05, 0) is 0 Å². The van der Waals surface area contributed by atoms with Crippen molar-refractivity contribution in [3.8, 4) is 0 Å². The zero-order valence-corrected chi connectivity index (χ0v) is 5.97. The Morgan fingerprint density at radius 3 is 3.00 bits per heavy atom. The van der Waals surface area contributed by atoms with Crippen molar-refractivity contribution in [2.24, 2.45) is 7.05 Å². The van der Waals surface area contributed by atoms with E-state index < -0.39 is 4.92 Å². The monoisotopic (exact) mass is 153 g/mol. The van der Waals surface area contributed by atoms with Gasteiger partial charge in [-0.2, -0.15) is 0 Å². The molecule has 0 atom stereocenters. The number of nitro groups is 1. The lowest BCUT2D eigenvalue weighted by molar-refractivity contribution is -0.401.